The van der Waals surface area contributed by atoms with E-state index in [2.05, 4.69) is 5.32 Å². The zero-order valence-electron chi connectivity index (χ0n) is 18.9. The van der Waals surface area contributed by atoms with Gasteiger partial charge in [-0.2, -0.15) is 0 Å². The maximum Gasteiger partial charge on any atom is 0.259 e. The van der Waals surface area contributed by atoms with Crippen LogP contribution in [0.2, 0.25) is 0 Å². The molecule has 0 aliphatic carbocycles. The van der Waals surface area contributed by atoms with E-state index in [9.17, 15) is 9.59 Å². The third kappa shape index (κ3) is 6.33. The van der Waals surface area contributed by atoms with Gasteiger partial charge >= 0.3 is 0 Å². The summed E-state index contributed by atoms with van der Waals surface area (Å²) in [5.74, 6) is 0.844. The largest absolute Gasteiger partial charge is 0.497 e. The van der Waals surface area contributed by atoms with E-state index in [4.69, 9.17) is 15.2 Å². The number of nitrogens with two attached hydrogens (primary N) is 1. The molecule has 0 aromatic heterocycles. The summed E-state index contributed by atoms with van der Waals surface area (Å²) < 4.78 is 10.5. The first-order valence-electron chi connectivity index (χ1n) is 10.7. The molecule has 2 amide bonds. The van der Waals surface area contributed by atoms with Crippen LogP contribution in [0.15, 0.2) is 72.8 Å². The lowest BCUT2D eigenvalue weighted by Gasteiger charge is -2.23. The van der Waals surface area contributed by atoms with Crippen LogP contribution >= 0.6 is 0 Å². The minimum atomic E-state index is -0.265. The number of carbonyl (C=O) groups is 2. The van der Waals surface area contributed by atoms with E-state index in [0.29, 0.717) is 54.4 Å². The Kier molecular flexibility index (Phi) is 8.43. The molecule has 172 valence electrons. The maximum absolute atomic E-state index is 13.1. The molecule has 3 rings (SSSR count). The van der Waals surface area contributed by atoms with Crippen molar-refractivity contribution >= 4 is 17.5 Å². The molecule has 3 N–H and O–H groups in total. The number of ether oxygens (including phenoxy) is 2. The zero-order chi connectivity index (χ0) is 23.6. The Hall–Kier alpha value is -3.84. The lowest BCUT2D eigenvalue weighted by Crippen LogP contribution is -2.32. The minimum absolute atomic E-state index is 0.0884. The number of para-hydroxylation sites is 1. The molecule has 0 fully saturated rings. The predicted molar refractivity (Wildman–Crippen MR) is 129 cm³/mol. The molecule has 33 heavy (non-hydrogen) atoms. The molecule has 0 bridgehead atoms. The SMILES string of the molecule is COc1ccc(C(=O)N(CCCN)Cc2cccc(NC(=O)c3ccccc3OC)c2)cc1. The van der Waals surface area contributed by atoms with Crippen LogP contribution in [0.4, 0.5) is 5.69 Å². The Morgan fingerprint density at radius 1 is 0.939 bits per heavy atom. The number of rotatable bonds is 10. The predicted octanol–water partition coefficient (Wildman–Crippen LogP) is 3.95. The second-order valence-electron chi connectivity index (χ2n) is 7.45. The number of hydrogen-bond donors (Lipinski definition) is 2. The molecule has 0 aliphatic heterocycles. The Bertz CT molecular complexity index is 1080. The molecule has 0 saturated heterocycles. The molecule has 0 aliphatic rings. The fourth-order valence-corrected chi connectivity index (χ4v) is 3.45. The molecule has 0 spiro atoms. The molecule has 0 atom stereocenters. The van der Waals surface area contributed by atoms with E-state index >= 15 is 0 Å². The molecule has 0 radical (unpaired) electrons. The molecular formula is C26H29N3O4. The van der Waals surface area contributed by atoms with Crippen molar-refractivity contribution < 1.29 is 19.1 Å². The van der Waals surface area contributed by atoms with Crippen LogP contribution in [0, 0.1) is 0 Å². The van der Waals surface area contributed by atoms with E-state index in [0.717, 1.165) is 5.56 Å². The van der Waals surface area contributed by atoms with Crippen LogP contribution in [0.1, 0.15) is 32.7 Å². The molecule has 0 saturated carbocycles. The highest BCUT2D eigenvalue weighted by molar-refractivity contribution is 6.06. The first kappa shape index (κ1) is 23.8. The van der Waals surface area contributed by atoms with Gasteiger partial charge < -0.3 is 25.4 Å². The van der Waals surface area contributed by atoms with E-state index in [-0.39, 0.29) is 11.8 Å². The summed E-state index contributed by atoms with van der Waals surface area (Å²) in [5, 5.41) is 2.91. The number of nitrogens with zero attached hydrogens (tertiary/aromatic N) is 1. The zero-order valence-corrected chi connectivity index (χ0v) is 18.9. The lowest BCUT2D eigenvalue weighted by molar-refractivity contribution is 0.0742. The fourth-order valence-electron chi connectivity index (χ4n) is 3.45. The summed E-state index contributed by atoms with van der Waals surface area (Å²) in [7, 11) is 3.12. The van der Waals surface area contributed by atoms with Gasteiger partial charge in [0.15, 0.2) is 0 Å². The van der Waals surface area contributed by atoms with Crippen molar-refractivity contribution in [3.05, 3.63) is 89.5 Å². The maximum atomic E-state index is 13.1. The second-order valence-corrected chi connectivity index (χ2v) is 7.45. The van der Waals surface area contributed by atoms with Gasteiger partial charge in [-0.1, -0.05) is 24.3 Å². The van der Waals surface area contributed by atoms with Crippen LogP contribution in [0.25, 0.3) is 0 Å². The van der Waals surface area contributed by atoms with Crippen LogP contribution in [0.3, 0.4) is 0 Å². The smallest absolute Gasteiger partial charge is 0.259 e. The van der Waals surface area contributed by atoms with Crippen molar-refractivity contribution in [2.24, 2.45) is 5.73 Å². The highest BCUT2D eigenvalue weighted by atomic mass is 16.5. The van der Waals surface area contributed by atoms with Gasteiger partial charge in [0.1, 0.15) is 11.5 Å². The van der Waals surface area contributed by atoms with Crippen molar-refractivity contribution in [3.8, 4) is 11.5 Å². The van der Waals surface area contributed by atoms with Gasteiger partial charge in [-0.05, 0) is 67.1 Å². The first-order chi connectivity index (χ1) is 16.0. The fraction of sp³-hybridized carbons (Fsp3) is 0.231. The van der Waals surface area contributed by atoms with E-state index in [1.165, 1.54) is 7.11 Å². The molecule has 7 nitrogen and oxygen atoms in total. The molecule has 3 aromatic rings. The number of methoxy groups -OCH3 is 2. The summed E-state index contributed by atoms with van der Waals surface area (Å²) in [6.07, 6.45) is 0.687. The standard InChI is InChI=1S/C26H29N3O4/c1-32-22-13-11-20(12-14-22)26(31)29(16-6-15-27)18-19-7-5-8-21(17-19)28-25(30)23-9-3-4-10-24(23)33-2/h3-5,7-14,17H,6,15-16,18,27H2,1-2H3,(H,28,30). The summed E-state index contributed by atoms with van der Waals surface area (Å²) in [6.45, 7) is 1.41. The molecule has 0 unspecified atom stereocenters. The topological polar surface area (TPSA) is 93.9 Å². The monoisotopic (exact) mass is 447 g/mol. The number of benzene rings is 3. The number of anilines is 1. The summed E-state index contributed by atoms with van der Waals surface area (Å²) in [6, 6.07) is 21.5. The third-order valence-corrected chi connectivity index (χ3v) is 5.17. The summed E-state index contributed by atoms with van der Waals surface area (Å²) in [4.78, 5) is 27.6. The van der Waals surface area contributed by atoms with Gasteiger partial charge in [0.25, 0.3) is 11.8 Å². The second kappa shape index (κ2) is 11.7. The van der Waals surface area contributed by atoms with Gasteiger partial charge in [0.05, 0.1) is 19.8 Å². The van der Waals surface area contributed by atoms with Crippen LogP contribution in [-0.4, -0.2) is 44.0 Å². The normalized spacial score (nSPS) is 10.4. The Labute approximate surface area is 194 Å². The molecular weight excluding hydrogens is 418 g/mol. The van der Waals surface area contributed by atoms with Crippen molar-refractivity contribution in [1.29, 1.82) is 0 Å². The molecule has 0 heterocycles. The number of hydrogen-bond acceptors (Lipinski definition) is 5. The average Bonchev–Trinajstić information content (AvgIpc) is 2.86. The van der Waals surface area contributed by atoms with Crippen molar-refractivity contribution in [1.82, 2.24) is 4.90 Å². The molecule has 3 aromatic carbocycles. The van der Waals surface area contributed by atoms with Crippen LogP contribution in [-0.2, 0) is 6.54 Å². The number of carbonyl (C=O) groups excluding carboxylic acids is 2. The highest BCUT2D eigenvalue weighted by Crippen LogP contribution is 2.21. The minimum Gasteiger partial charge on any atom is -0.497 e. The Morgan fingerprint density at radius 3 is 2.39 bits per heavy atom. The summed E-state index contributed by atoms with van der Waals surface area (Å²) in [5.41, 5.74) is 8.25. The van der Waals surface area contributed by atoms with Gasteiger partial charge in [0.2, 0.25) is 0 Å². The third-order valence-electron chi connectivity index (χ3n) is 5.17. The van der Waals surface area contributed by atoms with E-state index in [1.807, 2.05) is 30.3 Å². The average molecular weight is 448 g/mol. The Balaban J connectivity index is 1.76. The summed E-state index contributed by atoms with van der Waals surface area (Å²) >= 11 is 0. The van der Waals surface area contributed by atoms with E-state index < -0.39 is 0 Å². The van der Waals surface area contributed by atoms with Crippen molar-refractivity contribution in [2.75, 3.05) is 32.6 Å². The quantitative estimate of drug-likeness (QED) is 0.491. The molecule has 7 heteroatoms. The van der Waals surface area contributed by atoms with Crippen molar-refractivity contribution in [2.45, 2.75) is 13.0 Å². The van der Waals surface area contributed by atoms with Crippen LogP contribution < -0.4 is 20.5 Å². The van der Waals surface area contributed by atoms with Crippen molar-refractivity contribution in [3.63, 3.8) is 0 Å². The van der Waals surface area contributed by atoms with Gasteiger partial charge in [-0.3, -0.25) is 9.59 Å². The first-order valence-corrected chi connectivity index (χ1v) is 10.7. The van der Waals surface area contributed by atoms with E-state index in [1.54, 1.807) is 54.5 Å². The van der Waals surface area contributed by atoms with Crippen LogP contribution in [0.5, 0.6) is 11.5 Å². The number of amides is 2. The van der Waals surface area contributed by atoms with Gasteiger partial charge in [-0.15, -0.1) is 0 Å². The lowest BCUT2D eigenvalue weighted by atomic mass is 10.1. The highest BCUT2D eigenvalue weighted by Gasteiger charge is 2.17. The van der Waals surface area contributed by atoms with Gasteiger partial charge in [-0.25, -0.2) is 0 Å². The number of nitrogens with one attached hydrogen (secondary N) is 1. The Morgan fingerprint density at radius 2 is 1.70 bits per heavy atom. The van der Waals surface area contributed by atoms with Gasteiger partial charge in [0, 0.05) is 24.3 Å².